The lowest BCUT2D eigenvalue weighted by molar-refractivity contribution is 0.694. The number of rotatable bonds is 5. The van der Waals surface area contributed by atoms with E-state index in [9.17, 15) is 0 Å². The smallest absolute Gasteiger partial charge is 0.142 e. The van der Waals surface area contributed by atoms with Crippen molar-refractivity contribution < 1.29 is 0 Å². The summed E-state index contributed by atoms with van der Waals surface area (Å²) in [6.07, 6.45) is 1.01. The highest BCUT2D eigenvalue weighted by atomic mass is 15.3. The van der Waals surface area contributed by atoms with Crippen LogP contribution in [0.25, 0.3) is 0 Å². The Balaban J connectivity index is 1.96. The third-order valence-electron chi connectivity index (χ3n) is 3.57. The van der Waals surface area contributed by atoms with Crippen molar-refractivity contribution in [1.29, 1.82) is 5.26 Å². The molecule has 1 heterocycles. The number of aromatic nitrogens is 2. The van der Waals surface area contributed by atoms with Gasteiger partial charge in [-0.25, -0.2) is 0 Å². The molecule has 0 spiro atoms. The third-order valence-corrected chi connectivity index (χ3v) is 3.57. The van der Waals surface area contributed by atoms with Crippen LogP contribution in [0.15, 0.2) is 30.3 Å². The molecular weight excluding hydrogens is 248 g/mol. The number of benzene rings is 1. The second-order valence-electron chi connectivity index (χ2n) is 5.07. The van der Waals surface area contributed by atoms with Crippen LogP contribution in [0.3, 0.4) is 0 Å². The largest absolute Gasteiger partial charge is 0.369 e. The molecule has 20 heavy (non-hydrogen) atoms. The summed E-state index contributed by atoms with van der Waals surface area (Å²) >= 11 is 0. The van der Waals surface area contributed by atoms with Crippen molar-refractivity contribution in [1.82, 2.24) is 9.78 Å². The van der Waals surface area contributed by atoms with E-state index in [1.165, 1.54) is 5.56 Å². The maximum absolute atomic E-state index is 9.16. The molecule has 1 unspecified atom stereocenters. The fourth-order valence-corrected chi connectivity index (χ4v) is 2.35. The number of nitrogens with zero attached hydrogens (tertiary/aromatic N) is 3. The van der Waals surface area contributed by atoms with E-state index in [0.717, 1.165) is 24.5 Å². The van der Waals surface area contributed by atoms with Crippen molar-refractivity contribution >= 4 is 5.82 Å². The summed E-state index contributed by atoms with van der Waals surface area (Å²) in [7, 11) is 1.86. The number of nitriles is 1. The van der Waals surface area contributed by atoms with E-state index >= 15 is 0 Å². The highest BCUT2D eigenvalue weighted by Crippen LogP contribution is 2.20. The number of anilines is 1. The number of hydrogen-bond acceptors (Lipinski definition) is 3. The molecule has 0 bridgehead atoms. The summed E-state index contributed by atoms with van der Waals surface area (Å²) in [6, 6.07) is 12.7. The molecule has 2 aromatic rings. The Bertz CT molecular complexity index is 607. The van der Waals surface area contributed by atoms with Gasteiger partial charge in [0.2, 0.25) is 0 Å². The summed E-state index contributed by atoms with van der Waals surface area (Å²) in [5.41, 5.74) is 2.75. The molecule has 4 heteroatoms. The zero-order valence-electron chi connectivity index (χ0n) is 12.2. The summed E-state index contributed by atoms with van der Waals surface area (Å²) in [4.78, 5) is 0. The van der Waals surface area contributed by atoms with Gasteiger partial charge in [-0.3, -0.25) is 4.68 Å². The van der Waals surface area contributed by atoms with Crippen molar-refractivity contribution in [2.24, 2.45) is 7.05 Å². The van der Waals surface area contributed by atoms with Crippen LogP contribution in [0.4, 0.5) is 5.82 Å². The fourth-order valence-electron chi connectivity index (χ4n) is 2.35. The van der Waals surface area contributed by atoms with Crippen LogP contribution in [-0.2, 0) is 7.05 Å². The number of hydrogen-bond donors (Lipinski definition) is 1. The molecule has 2 rings (SSSR count). The first-order valence-corrected chi connectivity index (χ1v) is 6.86. The topological polar surface area (TPSA) is 53.6 Å². The lowest BCUT2D eigenvalue weighted by atomic mass is 9.98. The molecule has 104 valence electrons. The second-order valence-corrected chi connectivity index (χ2v) is 5.07. The maximum atomic E-state index is 9.16. The minimum atomic E-state index is 0.489. The molecule has 0 amide bonds. The van der Waals surface area contributed by atoms with E-state index in [2.05, 4.69) is 47.7 Å². The van der Waals surface area contributed by atoms with Crippen LogP contribution in [0.1, 0.15) is 36.1 Å². The minimum Gasteiger partial charge on any atom is -0.369 e. The highest BCUT2D eigenvalue weighted by molar-refractivity contribution is 5.54. The number of nitrogens with one attached hydrogen (secondary N) is 1. The molecular formula is C16H20N4. The Hall–Kier alpha value is -2.28. The van der Waals surface area contributed by atoms with Crippen molar-refractivity contribution in [3.63, 3.8) is 0 Å². The van der Waals surface area contributed by atoms with Crippen molar-refractivity contribution in [3.8, 4) is 6.07 Å². The lowest BCUT2D eigenvalue weighted by Crippen LogP contribution is -2.10. The zero-order chi connectivity index (χ0) is 14.5. The van der Waals surface area contributed by atoms with Gasteiger partial charge in [-0.1, -0.05) is 37.3 Å². The van der Waals surface area contributed by atoms with Crippen LogP contribution < -0.4 is 5.32 Å². The summed E-state index contributed by atoms with van der Waals surface area (Å²) in [6.45, 7) is 4.90. The van der Waals surface area contributed by atoms with E-state index in [4.69, 9.17) is 5.26 Å². The van der Waals surface area contributed by atoms with E-state index in [1.807, 2.05) is 20.0 Å². The van der Waals surface area contributed by atoms with Gasteiger partial charge in [-0.05, 0) is 24.8 Å². The van der Waals surface area contributed by atoms with Gasteiger partial charge >= 0.3 is 0 Å². The molecule has 0 saturated heterocycles. The molecule has 1 N–H and O–H groups in total. The molecule has 0 fully saturated rings. The molecule has 1 atom stereocenters. The van der Waals surface area contributed by atoms with Crippen LogP contribution in [0, 0.1) is 18.3 Å². The first kappa shape index (κ1) is 14.1. The van der Waals surface area contributed by atoms with Gasteiger partial charge < -0.3 is 5.32 Å². The monoisotopic (exact) mass is 268 g/mol. The standard InChI is InChI=1S/C16H20N4/c1-12(14-7-5-4-6-8-14)9-10-18-16-15(11-17)13(2)19-20(16)3/h4-8,12,18H,9-10H2,1-3H3. The van der Waals surface area contributed by atoms with Gasteiger partial charge in [-0.15, -0.1) is 0 Å². The van der Waals surface area contributed by atoms with Gasteiger partial charge in [0.15, 0.2) is 0 Å². The SMILES string of the molecule is Cc1nn(C)c(NCCC(C)c2ccccc2)c1C#N. The second kappa shape index (κ2) is 6.25. The summed E-state index contributed by atoms with van der Waals surface area (Å²) in [5.74, 6) is 1.30. The highest BCUT2D eigenvalue weighted by Gasteiger charge is 2.12. The van der Waals surface area contributed by atoms with E-state index in [-0.39, 0.29) is 0 Å². The minimum absolute atomic E-state index is 0.489. The zero-order valence-corrected chi connectivity index (χ0v) is 12.2. The fraction of sp³-hybridized carbons (Fsp3) is 0.375. The predicted octanol–water partition coefficient (Wildman–Crippen LogP) is 3.21. The molecule has 1 aromatic carbocycles. The van der Waals surface area contributed by atoms with Gasteiger partial charge in [0.25, 0.3) is 0 Å². The Labute approximate surface area is 120 Å². The first-order chi connectivity index (χ1) is 9.63. The van der Waals surface area contributed by atoms with E-state index < -0.39 is 0 Å². The van der Waals surface area contributed by atoms with Crippen molar-refractivity contribution in [2.75, 3.05) is 11.9 Å². The van der Waals surface area contributed by atoms with Crippen LogP contribution >= 0.6 is 0 Å². The third kappa shape index (κ3) is 3.00. The average molecular weight is 268 g/mol. The molecule has 0 aliphatic heterocycles. The summed E-state index contributed by atoms with van der Waals surface area (Å²) in [5, 5.41) is 16.8. The van der Waals surface area contributed by atoms with Crippen LogP contribution in [0.2, 0.25) is 0 Å². The first-order valence-electron chi connectivity index (χ1n) is 6.86. The van der Waals surface area contributed by atoms with Crippen molar-refractivity contribution in [3.05, 3.63) is 47.2 Å². The van der Waals surface area contributed by atoms with E-state index in [0.29, 0.717) is 11.5 Å². The molecule has 1 aromatic heterocycles. The van der Waals surface area contributed by atoms with Crippen LogP contribution in [0.5, 0.6) is 0 Å². The van der Waals surface area contributed by atoms with E-state index in [1.54, 1.807) is 4.68 Å². The van der Waals surface area contributed by atoms with Gasteiger partial charge in [0, 0.05) is 13.6 Å². The predicted molar refractivity (Wildman–Crippen MR) is 80.6 cm³/mol. The van der Waals surface area contributed by atoms with Gasteiger partial charge in [-0.2, -0.15) is 10.4 Å². The average Bonchev–Trinajstić information content (AvgIpc) is 2.73. The van der Waals surface area contributed by atoms with Crippen molar-refractivity contribution in [2.45, 2.75) is 26.2 Å². The van der Waals surface area contributed by atoms with Gasteiger partial charge in [0.05, 0.1) is 5.69 Å². The lowest BCUT2D eigenvalue weighted by Gasteiger charge is -2.13. The molecule has 0 saturated carbocycles. The molecule has 0 aliphatic rings. The molecule has 4 nitrogen and oxygen atoms in total. The molecule has 0 radical (unpaired) electrons. The maximum Gasteiger partial charge on any atom is 0.142 e. The Kier molecular flexibility index (Phi) is 4.41. The summed E-state index contributed by atoms with van der Waals surface area (Å²) < 4.78 is 1.74. The van der Waals surface area contributed by atoms with Crippen LogP contribution in [-0.4, -0.2) is 16.3 Å². The number of aryl methyl sites for hydroxylation is 2. The Morgan fingerprint density at radius 3 is 2.70 bits per heavy atom. The van der Waals surface area contributed by atoms with Gasteiger partial charge in [0.1, 0.15) is 17.5 Å². The quantitative estimate of drug-likeness (QED) is 0.906. The normalized spacial score (nSPS) is 11.9. The Morgan fingerprint density at radius 2 is 2.05 bits per heavy atom. The Morgan fingerprint density at radius 1 is 1.35 bits per heavy atom. The molecule has 0 aliphatic carbocycles.